The Morgan fingerprint density at radius 2 is 1.75 bits per heavy atom. The largest absolute Gasteiger partial charge is 0.321 e. The number of hydrogen-bond donors (Lipinski definition) is 2. The van der Waals surface area contributed by atoms with Crippen LogP contribution >= 0.6 is 22.9 Å². The van der Waals surface area contributed by atoms with E-state index >= 15 is 0 Å². The van der Waals surface area contributed by atoms with Crippen LogP contribution in [0.1, 0.15) is 31.4 Å². The van der Waals surface area contributed by atoms with Gasteiger partial charge in [0.15, 0.2) is 4.96 Å². The zero-order valence-electron chi connectivity index (χ0n) is 16.9. The lowest BCUT2D eigenvalue weighted by atomic mass is 10.2. The van der Waals surface area contributed by atoms with Crippen LogP contribution in [0.5, 0.6) is 0 Å². The minimum atomic E-state index is -0.654. The van der Waals surface area contributed by atoms with E-state index < -0.39 is 23.2 Å². The lowest BCUT2D eigenvalue weighted by Crippen LogP contribution is -2.25. The summed E-state index contributed by atoms with van der Waals surface area (Å²) >= 11 is 6.89. The fourth-order valence-electron chi connectivity index (χ4n) is 3.11. The zero-order valence-corrected chi connectivity index (χ0v) is 18.5. The molecule has 0 radical (unpaired) electrons. The molecule has 0 bridgehead atoms. The molecule has 0 aliphatic carbocycles. The maximum Gasteiger partial charge on any atom is 0.274 e. The van der Waals surface area contributed by atoms with Gasteiger partial charge < -0.3 is 10.6 Å². The van der Waals surface area contributed by atoms with Gasteiger partial charge in [0, 0.05) is 28.2 Å². The molecule has 2 heterocycles. The second kappa shape index (κ2) is 8.52. The van der Waals surface area contributed by atoms with Crippen molar-refractivity contribution in [2.24, 2.45) is 0 Å². The highest BCUT2D eigenvalue weighted by atomic mass is 35.5. The molecule has 4 rings (SSSR count). The minimum Gasteiger partial charge on any atom is -0.321 e. The van der Waals surface area contributed by atoms with Crippen molar-refractivity contribution in [3.05, 3.63) is 91.6 Å². The van der Waals surface area contributed by atoms with Crippen molar-refractivity contribution < 1.29 is 14.0 Å². The van der Waals surface area contributed by atoms with Crippen LogP contribution in [0.25, 0.3) is 4.96 Å². The van der Waals surface area contributed by atoms with Gasteiger partial charge in [-0.2, -0.15) is 0 Å². The second-order valence-corrected chi connectivity index (χ2v) is 8.42. The molecular weight excluding hydrogens is 455 g/mol. The number of halogens is 2. The number of anilines is 2. The number of aryl methyl sites for hydroxylation is 2. The summed E-state index contributed by atoms with van der Waals surface area (Å²) < 4.78 is 14.3. The normalized spacial score (nSPS) is 10.9. The van der Waals surface area contributed by atoms with Crippen LogP contribution in [0.15, 0.2) is 53.3 Å². The molecule has 0 atom stereocenters. The third kappa shape index (κ3) is 4.25. The quantitative estimate of drug-likeness (QED) is 0.453. The molecular formula is C22H16ClFN4O3S. The van der Waals surface area contributed by atoms with Crippen LogP contribution < -0.4 is 16.2 Å². The summed E-state index contributed by atoms with van der Waals surface area (Å²) in [7, 11) is 0. The lowest BCUT2D eigenvalue weighted by molar-refractivity contribution is 0.0989. The van der Waals surface area contributed by atoms with Gasteiger partial charge in [0.05, 0.1) is 0 Å². The molecule has 7 nitrogen and oxygen atoms in total. The molecule has 4 aromatic rings. The Kier molecular flexibility index (Phi) is 5.77. The summed E-state index contributed by atoms with van der Waals surface area (Å²) in [6, 6.07) is 11.4. The highest BCUT2D eigenvalue weighted by Gasteiger charge is 2.26. The topological polar surface area (TPSA) is 92.6 Å². The second-order valence-electron chi connectivity index (χ2n) is 7.01. The minimum absolute atomic E-state index is 0.00589. The summed E-state index contributed by atoms with van der Waals surface area (Å²) in [5, 5.41) is 5.87. The molecule has 0 unspecified atom stereocenters. The Hall–Kier alpha value is -3.56. The van der Waals surface area contributed by atoms with Gasteiger partial charge >= 0.3 is 0 Å². The monoisotopic (exact) mass is 470 g/mol. The summed E-state index contributed by atoms with van der Waals surface area (Å²) in [4.78, 5) is 43.4. The number of aromatic nitrogens is 2. The van der Waals surface area contributed by atoms with Crippen molar-refractivity contribution in [3.63, 3.8) is 0 Å². The molecule has 0 saturated carbocycles. The first-order chi connectivity index (χ1) is 15.2. The molecule has 32 heavy (non-hydrogen) atoms. The van der Waals surface area contributed by atoms with Crippen LogP contribution in [-0.2, 0) is 0 Å². The van der Waals surface area contributed by atoms with Crippen molar-refractivity contribution in [3.8, 4) is 0 Å². The van der Waals surface area contributed by atoms with E-state index in [0.29, 0.717) is 27.7 Å². The molecule has 0 fully saturated rings. The third-order valence-corrected chi connectivity index (χ3v) is 5.88. The van der Waals surface area contributed by atoms with Crippen molar-refractivity contribution in [2.75, 3.05) is 10.6 Å². The van der Waals surface area contributed by atoms with Gasteiger partial charge in [-0.15, -0.1) is 0 Å². The Bertz CT molecular complexity index is 1430. The van der Waals surface area contributed by atoms with Gasteiger partial charge in [-0.1, -0.05) is 22.9 Å². The van der Waals surface area contributed by atoms with Gasteiger partial charge in [-0.05, 0) is 61.9 Å². The number of fused-ring (bicyclic) bond motifs is 1. The highest BCUT2D eigenvalue weighted by molar-refractivity contribution is 7.19. The van der Waals surface area contributed by atoms with Gasteiger partial charge in [-0.25, -0.2) is 13.8 Å². The molecule has 2 aromatic carbocycles. The third-order valence-electron chi connectivity index (χ3n) is 4.61. The maximum absolute atomic E-state index is 13.2. The van der Waals surface area contributed by atoms with E-state index in [1.165, 1.54) is 30.3 Å². The van der Waals surface area contributed by atoms with E-state index in [-0.39, 0.29) is 15.5 Å². The fraction of sp³-hybridized carbons (Fsp3) is 0.0909. The first kappa shape index (κ1) is 21.7. The van der Waals surface area contributed by atoms with Crippen molar-refractivity contribution >= 4 is 51.1 Å². The molecule has 0 aliphatic heterocycles. The molecule has 162 valence electrons. The molecule has 10 heteroatoms. The smallest absolute Gasteiger partial charge is 0.274 e. The average Bonchev–Trinajstić information content (AvgIpc) is 3.11. The van der Waals surface area contributed by atoms with Crippen LogP contribution in [0, 0.1) is 19.7 Å². The summed E-state index contributed by atoms with van der Waals surface area (Å²) in [5.74, 6) is -1.73. The number of rotatable bonds is 4. The number of hydrogen-bond acceptors (Lipinski definition) is 5. The predicted octanol–water partition coefficient (Wildman–Crippen LogP) is 4.67. The summed E-state index contributed by atoms with van der Waals surface area (Å²) in [6.07, 6.45) is 0. The van der Waals surface area contributed by atoms with Gasteiger partial charge in [0.2, 0.25) is 0 Å². The lowest BCUT2D eigenvalue weighted by Gasteiger charge is -2.10. The molecule has 0 aliphatic rings. The molecule has 0 spiro atoms. The fourth-order valence-corrected chi connectivity index (χ4v) is 4.41. The van der Waals surface area contributed by atoms with Gasteiger partial charge in [0.25, 0.3) is 17.4 Å². The SMILES string of the molecule is Cc1cc(=O)n2c(C(=O)Nc3ccc(Cl)cc3C)c(C(=O)Nc3ccc(F)cc3)sc2n1. The summed E-state index contributed by atoms with van der Waals surface area (Å²) in [6.45, 7) is 3.42. The number of benzene rings is 2. The van der Waals surface area contributed by atoms with E-state index in [1.54, 1.807) is 32.0 Å². The van der Waals surface area contributed by atoms with E-state index in [2.05, 4.69) is 15.6 Å². The number of thiazole rings is 1. The van der Waals surface area contributed by atoms with E-state index in [1.807, 2.05) is 0 Å². The first-order valence-corrected chi connectivity index (χ1v) is 10.6. The average molecular weight is 471 g/mol. The number of carbonyl (C=O) groups excluding carboxylic acids is 2. The first-order valence-electron chi connectivity index (χ1n) is 9.40. The Morgan fingerprint density at radius 3 is 2.44 bits per heavy atom. The molecule has 2 aromatic heterocycles. The van der Waals surface area contributed by atoms with Crippen LogP contribution in [0.2, 0.25) is 5.02 Å². The number of amides is 2. The highest BCUT2D eigenvalue weighted by Crippen LogP contribution is 2.25. The van der Waals surface area contributed by atoms with Crippen molar-refractivity contribution in [2.45, 2.75) is 13.8 Å². The summed E-state index contributed by atoms with van der Waals surface area (Å²) in [5.41, 5.74) is 1.37. The molecule has 2 amide bonds. The standard InChI is InChI=1S/C22H16ClFN4O3S/c1-11-9-13(23)3-8-16(11)27-20(30)18-19(21(31)26-15-6-4-14(24)5-7-15)32-22-25-12(2)10-17(29)28(18)22/h3-10H,1-2H3,(H,26,31)(H,27,30). The van der Waals surface area contributed by atoms with E-state index in [9.17, 15) is 18.8 Å². The zero-order chi connectivity index (χ0) is 23.0. The number of nitrogens with one attached hydrogen (secondary N) is 2. The van der Waals surface area contributed by atoms with E-state index in [0.717, 1.165) is 15.7 Å². The van der Waals surface area contributed by atoms with Crippen LogP contribution in [-0.4, -0.2) is 21.2 Å². The van der Waals surface area contributed by atoms with Crippen LogP contribution in [0.4, 0.5) is 15.8 Å². The molecule has 2 N–H and O–H groups in total. The Morgan fingerprint density at radius 1 is 1.03 bits per heavy atom. The van der Waals surface area contributed by atoms with Crippen molar-refractivity contribution in [1.82, 2.24) is 9.38 Å². The maximum atomic E-state index is 13.2. The van der Waals surface area contributed by atoms with Gasteiger partial charge in [-0.3, -0.25) is 14.4 Å². The Labute approximate surface area is 190 Å². The van der Waals surface area contributed by atoms with Gasteiger partial charge in [0.1, 0.15) is 16.4 Å². The predicted molar refractivity (Wildman–Crippen MR) is 123 cm³/mol. The molecule has 0 saturated heterocycles. The number of nitrogens with zero attached hydrogens (tertiary/aromatic N) is 2. The Balaban J connectivity index is 1.80. The van der Waals surface area contributed by atoms with Crippen LogP contribution in [0.3, 0.4) is 0 Å². The van der Waals surface area contributed by atoms with Crippen molar-refractivity contribution in [1.29, 1.82) is 0 Å². The van der Waals surface area contributed by atoms with E-state index in [4.69, 9.17) is 11.6 Å². The number of carbonyl (C=O) groups is 2.